The minimum atomic E-state index is -0.215. The topological polar surface area (TPSA) is 63.0 Å². The van der Waals surface area contributed by atoms with Gasteiger partial charge in [-0.3, -0.25) is 4.79 Å². The van der Waals surface area contributed by atoms with Gasteiger partial charge in [-0.05, 0) is 36.2 Å². The number of aromatic nitrogens is 1. The third kappa shape index (κ3) is 5.05. The van der Waals surface area contributed by atoms with E-state index in [1.807, 2.05) is 24.3 Å². The lowest BCUT2D eigenvalue weighted by atomic mass is 10.1. The van der Waals surface area contributed by atoms with Gasteiger partial charge >= 0.3 is 5.97 Å². The van der Waals surface area contributed by atoms with Crippen LogP contribution in [-0.4, -0.2) is 16.7 Å². The standard InChI is InChI=1S/C19H16N2O2S2/c20-12-14-5-3-6-15(11-14)13-23-18(22)9-4-10-24-19-21-16-7-1-2-8-17(16)25-19/h1-3,5-8,11H,4,9-10,13H2. The van der Waals surface area contributed by atoms with Crippen LogP contribution >= 0.6 is 23.1 Å². The molecule has 1 heterocycles. The van der Waals surface area contributed by atoms with Crippen LogP contribution in [0.3, 0.4) is 0 Å². The van der Waals surface area contributed by atoms with Crippen molar-refractivity contribution in [3.05, 3.63) is 59.7 Å². The van der Waals surface area contributed by atoms with Gasteiger partial charge in [0.2, 0.25) is 0 Å². The number of esters is 1. The zero-order valence-corrected chi connectivity index (χ0v) is 15.1. The van der Waals surface area contributed by atoms with Crippen LogP contribution in [0.25, 0.3) is 10.2 Å². The van der Waals surface area contributed by atoms with Gasteiger partial charge in [0.15, 0.2) is 4.34 Å². The minimum absolute atomic E-state index is 0.208. The van der Waals surface area contributed by atoms with Crippen LogP contribution in [0.2, 0.25) is 0 Å². The molecule has 0 aliphatic carbocycles. The van der Waals surface area contributed by atoms with Crippen molar-refractivity contribution >= 4 is 39.3 Å². The van der Waals surface area contributed by atoms with Crippen molar-refractivity contribution in [2.45, 2.75) is 23.8 Å². The Morgan fingerprint density at radius 1 is 1.24 bits per heavy atom. The summed E-state index contributed by atoms with van der Waals surface area (Å²) in [6.45, 7) is 0.208. The molecule has 6 heteroatoms. The number of thiazole rings is 1. The summed E-state index contributed by atoms with van der Waals surface area (Å²) in [6.07, 6.45) is 1.13. The molecule has 3 rings (SSSR count). The van der Waals surface area contributed by atoms with Crippen molar-refractivity contribution in [3.8, 4) is 6.07 Å². The van der Waals surface area contributed by atoms with Gasteiger partial charge in [-0.1, -0.05) is 36.0 Å². The summed E-state index contributed by atoms with van der Waals surface area (Å²) in [6, 6.07) is 17.2. The highest BCUT2D eigenvalue weighted by atomic mass is 32.2. The molecule has 0 amide bonds. The summed E-state index contributed by atoms with van der Waals surface area (Å²) < 4.78 is 7.47. The number of nitriles is 1. The van der Waals surface area contributed by atoms with Gasteiger partial charge in [-0.25, -0.2) is 4.98 Å². The maximum Gasteiger partial charge on any atom is 0.306 e. The lowest BCUT2D eigenvalue weighted by molar-refractivity contribution is -0.144. The second-order valence-electron chi connectivity index (χ2n) is 5.37. The zero-order valence-electron chi connectivity index (χ0n) is 13.5. The molecule has 1 aromatic heterocycles. The number of nitrogens with zero attached hydrogens (tertiary/aromatic N) is 2. The first-order chi connectivity index (χ1) is 12.2. The highest BCUT2D eigenvalue weighted by molar-refractivity contribution is 8.01. The smallest absolute Gasteiger partial charge is 0.306 e. The molecule has 0 N–H and O–H groups in total. The van der Waals surface area contributed by atoms with Crippen molar-refractivity contribution < 1.29 is 9.53 Å². The van der Waals surface area contributed by atoms with Gasteiger partial charge in [-0.15, -0.1) is 11.3 Å². The molecule has 0 aliphatic heterocycles. The summed E-state index contributed by atoms with van der Waals surface area (Å²) >= 11 is 3.35. The number of fused-ring (bicyclic) bond motifs is 1. The molecule has 0 unspecified atom stereocenters. The fraction of sp³-hybridized carbons (Fsp3) is 0.211. The van der Waals surface area contributed by atoms with E-state index in [4.69, 9.17) is 10.00 Å². The Balaban J connectivity index is 1.38. The monoisotopic (exact) mass is 368 g/mol. The number of para-hydroxylation sites is 1. The van der Waals surface area contributed by atoms with Crippen molar-refractivity contribution in [1.82, 2.24) is 4.98 Å². The van der Waals surface area contributed by atoms with E-state index in [0.717, 1.165) is 27.6 Å². The minimum Gasteiger partial charge on any atom is -0.461 e. The van der Waals surface area contributed by atoms with Crippen molar-refractivity contribution in [2.24, 2.45) is 0 Å². The fourth-order valence-corrected chi connectivity index (χ4v) is 4.33. The lowest BCUT2D eigenvalue weighted by Crippen LogP contribution is -2.05. The van der Waals surface area contributed by atoms with Gasteiger partial charge in [0.05, 0.1) is 21.8 Å². The van der Waals surface area contributed by atoms with Crippen LogP contribution < -0.4 is 0 Å². The largest absolute Gasteiger partial charge is 0.461 e. The SMILES string of the molecule is N#Cc1cccc(COC(=O)CCCSc2nc3ccccc3s2)c1. The molecule has 0 aliphatic rings. The van der Waals surface area contributed by atoms with E-state index in [-0.39, 0.29) is 12.6 Å². The molecular formula is C19H16N2O2S2. The van der Waals surface area contributed by atoms with Crippen LogP contribution in [0.1, 0.15) is 24.0 Å². The number of ether oxygens (including phenoxy) is 1. The highest BCUT2D eigenvalue weighted by Gasteiger charge is 2.07. The predicted molar refractivity (Wildman–Crippen MR) is 101 cm³/mol. The molecule has 0 radical (unpaired) electrons. The number of benzene rings is 2. The molecule has 4 nitrogen and oxygen atoms in total. The third-order valence-corrected chi connectivity index (χ3v) is 5.75. The summed E-state index contributed by atoms with van der Waals surface area (Å²) in [5.74, 6) is 0.617. The Kier molecular flexibility index (Phi) is 6.04. The Labute approximate surface area is 154 Å². The molecule has 0 saturated carbocycles. The van der Waals surface area contributed by atoms with Crippen LogP contribution in [-0.2, 0) is 16.1 Å². The fourth-order valence-electron chi connectivity index (χ4n) is 2.26. The number of carbonyl (C=O) groups is 1. The molecular weight excluding hydrogens is 352 g/mol. The first-order valence-electron chi connectivity index (χ1n) is 7.87. The average Bonchev–Trinajstić information content (AvgIpc) is 3.06. The zero-order chi connectivity index (χ0) is 17.5. The van der Waals surface area contributed by atoms with Gasteiger partial charge in [-0.2, -0.15) is 5.26 Å². The summed E-state index contributed by atoms with van der Waals surface area (Å²) in [5, 5.41) is 8.86. The highest BCUT2D eigenvalue weighted by Crippen LogP contribution is 2.29. The van der Waals surface area contributed by atoms with E-state index in [1.54, 1.807) is 41.3 Å². The lowest BCUT2D eigenvalue weighted by Gasteiger charge is -2.05. The van der Waals surface area contributed by atoms with E-state index in [0.29, 0.717) is 12.0 Å². The van der Waals surface area contributed by atoms with Crippen LogP contribution in [0, 0.1) is 11.3 Å². The molecule has 0 spiro atoms. The Hall–Kier alpha value is -2.36. The van der Waals surface area contributed by atoms with E-state index in [9.17, 15) is 4.79 Å². The summed E-state index contributed by atoms with van der Waals surface area (Å²) in [4.78, 5) is 16.4. The predicted octanol–water partition coefficient (Wildman–Crippen LogP) is 4.78. The summed E-state index contributed by atoms with van der Waals surface area (Å²) in [5.41, 5.74) is 2.42. The van der Waals surface area contributed by atoms with E-state index in [1.165, 1.54) is 4.70 Å². The van der Waals surface area contributed by atoms with Gasteiger partial charge in [0.1, 0.15) is 6.61 Å². The molecule has 0 saturated heterocycles. The van der Waals surface area contributed by atoms with Crippen molar-refractivity contribution in [1.29, 1.82) is 5.26 Å². The van der Waals surface area contributed by atoms with Gasteiger partial charge in [0, 0.05) is 12.2 Å². The molecule has 0 fully saturated rings. The van der Waals surface area contributed by atoms with Gasteiger partial charge < -0.3 is 4.74 Å². The van der Waals surface area contributed by atoms with Crippen molar-refractivity contribution in [3.63, 3.8) is 0 Å². The molecule has 126 valence electrons. The van der Waals surface area contributed by atoms with Crippen LogP contribution in [0.15, 0.2) is 52.9 Å². The second kappa shape index (κ2) is 8.65. The van der Waals surface area contributed by atoms with Crippen LogP contribution in [0.5, 0.6) is 0 Å². The number of hydrogen-bond donors (Lipinski definition) is 0. The quantitative estimate of drug-likeness (QED) is 0.341. The first-order valence-corrected chi connectivity index (χ1v) is 9.68. The van der Waals surface area contributed by atoms with Crippen LogP contribution in [0.4, 0.5) is 0 Å². The van der Waals surface area contributed by atoms with Gasteiger partial charge in [0.25, 0.3) is 0 Å². The van der Waals surface area contributed by atoms with Crippen molar-refractivity contribution in [2.75, 3.05) is 5.75 Å². The maximum absolute atomic E-state index is 11.8. The molecule has 25 heavy (non-hydrogen) atoms. The maximum atomic E-state index is 11.8. The van der Waals surface area contributed by atoms with E-state index >= 15 is 0 Å². The Morgan fingerprint density at radius 3 is 2.96 bits per heavy atom. The molecule has 0 atom stereocenters. The normalized spacial score (nSPS) is 10.5. The second-order valence-corrected chi connectivity index (χ2v) is 7.75. The molecule has 2 aromatic carbocycles. The number of rotatable bonds is 7. The summed E-state index contributed by atoms with van der Waals surface area (Å²) in [7, 11) is 0. The number of carbonyl (C=O) groups excluding carboxylic acids is 1. The Morgan fingerprint density at radius 2 is 2.12 bits per heavy atom. The third-order valence-electron chi connectivity index (χ3n) is 3.48. The average molecular weight is 368 g/mol. The Bertz CT molecular complexity index is 882. The van der Waals surface area contributed by atoms with E-state index in [2.05, 4.69) is 17.1 Å². The number of hydrogen-bond acceptors (Lipinski definition) is 6. The van der Waals surface area contributed by atoms with E-state index < -0.39 is 0 Å². The first kappa shape index (κ1) is 17.5. The number of thioether (sulfide) groups is 1. The molecule has 0 bridgehead atoms. The molecule has 3 aromatic rings.